The van der Waals surface area contributed by atoms with Crippen LogP contribution in [0.4, 0.5) is 16.3 Å². The summed E-state index contributed by atoms with van der Waals surface area (Å²) in [6, 6.07) is 13.6. The summed E-state index contributed by atoms with van der Waals surface area (Å²) in [6.07, 6.45) is 6.36. The molecule has 1 aromatic heterocycles. The zero-order valence-corrected chi connectivity index (χ0v) is 21.4. The molecule has 1 aliphatic heterocycles. The van der Waals surface area contributed by atoms with Gasteiger partial charge in [0.1, 0.15) is 11.6 Å². The summed E-state index contributed by atoms with van der Waals surface area (Å²) in [5.74, 6) is 2.06. The predicted octanol–water partition coefficient (Wildman–Crippen LogP) is 6.45. The Kier molecular flexibility index (Phi) is 7.34. The van der Waals surface area contributed by atoms with E-state index >= 15 is 0 Å². The first-order valence-electron chi connectivity index (χ1n) is 12.4. The fraction of sp³-hybridized carbons (Fsp3) is 0.429. The van der Waals surface area contributed by atoms with Crippen molar-refractivity contribution in [1.82, 2.24) is 15.1 Å². The number of carbonyl (C=O) groups excluding carboxylic acids is 1. The molecule has 2 heterocycles. The predicted molar refractivity (Wildman–Crippen MR) is 143 cm³/mol. The Balaban J connectivity index is 1.48. The molecule has 35 heavy (non-hydrogen) atoms. The molecule has 0 fully saturated rings. The van der Waals surface area contributed by atoms with E-state index in [1.807, 2.05) is 53.3 Å². The van der Waals surface area contributed by atoms with E-state index < -0.39 is 0 Å². The number of aromatic nitrogens is 2. The molecular formula is C28H37N5O2. The molecule has 7 heteroatoms. The molecule has 0 aliphatic carbocycles. The number of urea groups is 1. The van der Waals surface area contributed by atoms with Crippen molar-refractivity contribution < 1.29 is 9.53 Å². The number of carbonyl (C=O) groups is 1. The normalized spacial score (nSPS) is 15.8. The Labute approximate surface area is 207 Å². The molecule has 4 rings (SSSR count). The fourth-order valence-electron chi connectivity index (χ4n) is 4.24. The lowest BCUT2D eigenvalue weighted by molar-refractivity contribution is 0.262. The largest absolute Gasteiger partial charge is 0.493 e. The molecule has 3 N–H and O–H groups in total. The topological polar surface area (TPSA) is 80.2 Å². The number of fused-ring (bicyclic) bond motifs is 1. The molecule has 0 saturated heterocycles. The van der Waals surface area contributed by atoms with E-state index in [0.717, 1.165) is 47.3 Å². The van der Waals surface area contributed by atoms with Gasteiger partial charge in [0.2, 0.25) is 0 Å². The van der Waals surface area contributed by atoms with Gasteiger partial charge in [-0.05, 0) is 50.9 Å². The molecule has 0 saturated carbocycles. The Morgan fingerprint density at radius 1 is 1.17 bits per heavy atom. The Morgan fingerprint density at radius 2 is 1.94 bits per heavy atom. The van der Waals surface area contributed by atoms with Gasteiger partial charge in [-0.25, -0.2) is 9.48 Å². The number of hydrogen-bond donors (Lipinski definition) is 3. The van der Waals surface area contributed by atoms with Crippen LogP contribution >= 0.6 is 0 Å². The van der Waals surface area contributed by atoms with Crippen LogP contribution in [0.25, 0.3) is 10.8 Å². The van der Waals surface area contributed by atoms with Crippen molar-refractivity contribution in [3.8, 4) is 5.75 Å². The Bertz CT molecular complexity index is 1210. The first kappa shape index (κ1) is 24.6. The number of nitrogens with one attached hydrogen (secondary N) is 3. The van der Waals surface area contributed by atoms with E-state index in [0.29, 0.717) is 18.3 Å². The van der Waals surface area contributed by atoms with Gasteiger partial charge in [0.25, 0.3) is 0 Å². The number of rotatable bonds is 7. The lowest BCUT2D eigenvalue weighted by atomic mass is 9.92. The highest BCUT2D eigenvalue weighted by atomic mass is 16.5. The Hall–Kier alpha value is -3.48. The number of allylic oxidation sites excluding steroid dienone is 1. The van der Waals surface area contributed by atoms with E-state index in [4.69, 9.17) is 9.84 Å². The van der Waals surface area contributed by atoms with Gasteiger partial charge in [0, 0.05) is 34.8 Å². The van der Waals surface area contributed by atoms with Crippen molar-refractivity contribution in [2.75, 3.05) is 23.8 Å². The fourth-order valence-corrected chi connectivity index (χ4v) is 4.24. The van der Waals surface area contributed by atoms with E-state index in [2.05, 4.69) is 56.6 Å². The van der Waals surface area contributed by atoms with Crippen LogP contribution in [0.15, 0.2) is 54.7 Å². The van der Waals surface area contributed by atoms with Gasteiger partial charge in [-0.2, -0.15) is 5.10 Å². The minimum atomic E-state index is -0.302. The van der Waals surface area contributed by atoms with Gasteiger partial charge >= 0.3 is 6.03 Å². The number of anilines is 2. The maximum Gasteiger partial charge on any atom is 0.324 e. The van der Waals surface area contributed by atoms with E-state index in [1.54, 1.807) is 0 Å². The van der Waals surface area contributed by atoms with Gasteiger partial charge in [0.05, 0.1) is 18.0 Å². The average molecular weight is 476 g/mol. The SMILES string of the molecule is CC(C)n1nc(C(C)(C)C)cc1NC(=O)Nc1ccc(OCCC2C=CNCC2)c2ccccc12. The van der Waals surface area contributed by atoms with Gasteiger partial charge in [-0.15, -0.1) is 0 Å². The zero-order valence-electron chi connectivity index (χ0n) is 21.4. The molecular weight excluding hydrogens is 438 g/mol. The van der Waals surface area contributed by atoms with E-state index in [1.165, 1.54) is 0 Å². The number of nitrogens with zero attached hydrogens (tertiary/aromatic N) is 2. The molecule has 1 aliphatic rings. The van der Waals surface area contributed by atoms with Crippen molar-refractivity contribution >= 4 is 28.3 Å². The zero-order chi connectivity index (χ0) is 25.0. The maximum atomic E-state index is 13.0. The highest BCUT2D eigenvalue weighted by molar-refractivity contribution is 6.07. The Morgan fingerprint density at radius 3 is 2.63 bits per heavy atom. The highest BCUT2D eigenvalue weighted by Crippen LogP contribution is 2.32. The summed E-state index contributed by atoms with van der Waals surface area (Å²) in [7, 11) is 0. The third-order valence-corrected chi connectivity index (χ3v) is 6.26. The molecule has 3 aromatic rings. The van der Waals surface area contributed by atoms with Crippen molar-refractivity contribution in [3.63, 3.8) is 0 Å². The van der Waals surface area contributed by atoms with Crippen molar-refractivity contribution in [1.29, 1.82) is 0 Å². The van der Waals surface area contributed by atoms with E-state index in [9.17, 15) is 4.79 Å². The smallest absolute Gasteiger partial charge is 0.324 e. The summed E-state index contributed by atoms with van der Waals surface area (Å²) >= 11 is 0. The molecule has 1 unspecified atom stereocenters. The number of hydrogen-bond acceptors (Lipinski definition) is 4. The van der Waals surface area contributed by atoms with Crippen LogP contribution in [-0.2, 0) is 5.41 Å². The number of benzene rings is 2. The first-order chi connectivity index (χ1) is 16.7. The van der Waals surface area contributed by atoms with Crippen molar-refractivity contribution in [3.05, 3.63) is 60.4 Å². The third kappa shape index (κ3) is 5.96. The monoisotopic (exact) mass is 475 g/mol. The first-order valence-corrected chi connectivity index (χ1v) is 12.4. The molecule has 186 valence electrons. The van der Waals surface area contributed by atoms with Crippen molar-refractivity contribution in [2.24, 2.45) is 5.92 Å². The lowest BCUT2D eigenvalue weighted by Gasteiger charge is -2.18. The molecule has 2 amide bonds. The number of amides is 2. The highest BCUT2D eigenvalue weighted by Gasteiger charge is 2.22. The van der Waals surface area contributed by atoms with Crippen molar-refractivity contribution in [2.45, 2.75) is 58.9 Å². The third-order valence-electron chi connectivity index (χ3n) is 6.26. The minimum Gasteiger partial charge on any atom is -0.493 e. The lowest BCUT2D eigenvalue weighted by Crippen LogP contribution is -2.22. The summed E-state index contributed by atoms with van der Waals surface area (Å²) < 4.78 is 8.01. The van der Waals surface area contributed by atoms with Gasteiger partial charge in [-0.3, -0.25) is 5.32 Å². The van der Waals surface area contributed by atoms with Crippen LogP contribution in [0.1, 0.15) is 59.2 Å². The van der Waals surface area contributed by atoms with Crippen LogP contribution in [0.2, 0.25) is 0 Å². The van der Waals surface area contributed by atoms with Crippen LogP contribution < -0.4 is 20.7 Å². The summed E-state index contributed by atoms with van der Waals surface area (Å²) in [5.41, 5.74) is 1.57. The number of ether oxygens (including phenoxy) is 1. The molecule has 0 radical (unpaired) electrons. The summed E-state index contributed by atoms with van der Waals surface area (Å²) in [5, 5.41) is 15.9. The summed E-state index contributed by atoms with van der Waals surface area (Å²) in [4.78, 5) is 13.0. The van der Waals surface area contributed by atoms with Gasteiger partial charge in [0.15, 0.2) is 0 Å². The van der Waals surface area contributed by atoms with Gasteiger partial charge < -0.3 is 15.4 Å². The second-order valence-corrected chi connectivity index (χ2v) is 10.4. The quantitative estimate of drug-likeness (QED) is 0.367. The molecule has 0 spiro atoms. The summed E-state index contributed by atoms with van der Waals surface area (Å²) in [6.45, 7) is 12.1. The average Bonchev–Trinajstić information content (AvgIpc) is 3.26. The standard InChI is InChI=1S/C28H37N5O2/c1-19(2)33-26(18-25(32-33)28(3,4)5)31-27(34)30-23-10-11-24(22-9-7-6-8-21(22)23)35-17-14-20-12-15-29-16-13-20/h6-12,15,18-20,29H,13-14,16-17H2,1-5H3,(H2,30,31,34). The van der Waals surface area contributed by atoms with Crippen LogP contribution in [0, 0.1) is 5.92 Å². The van der Waals surface area contributed by atoms with Crippen LogP contribution in [-0.4, -0.2) is 29.0 Å². The second-order valence-electron chi connectivity index (χ2n) is 10.4. The van der Waals surface area contributed by atoms with Crippen LogP contribution in [0.5, 0.6) is 5.75 Å². The molecule has 7 nitrogen and oxygen atoms in total. The maximum absolute atomic E-state index is 13.0. The second kappa shape index (κ2) is 10.4. The van der Waals surface area contributed by atoms with E-state index in [-0.39, 0.29) is 17.5 Å². The molecule has 0 bridgehead atoms. The minimum absolute atomic E-state index is 0.108. The molecule has 2 aromatic carbocycles. The van der Waals surface area contributed by atoms with Gasteiger partial charge in [-0.1, -0.05) is 51.1 Å². The van der Waals surface area contributed by atoms with Crippen LogP contribution in [0.3, 0.4) is 0 Å². The molecule has 1 atom stereocenters.